The van der Waals surface area contributed by atoms with Crippen LogP contribution in [0.5, 0.6) is 0 Å². The standard InChI is InChI=1S/C10H11F2NO2/c1-13(6-10(14)15)5-7-2-8(11)4-9(12)3-7/h2-4H,5-6H2,1H3,(H,14,15). The van der Waals surface area contributed by atoms with Crippen LogP contribution in [0.4, 0.5) is 8.78 Å². The summed E-state index contributed by atoms with van der Waals surface area (Å²) >= 11 is 0. The van der Waals surface area contributed by atoms with Gasteiger partial charge in [-0.15, -0.1) is 0 Å². The molecule has 0 unspecified atom stereocenters. The summed E-state index contributed by atoms with van der Waals surface area (Å²) < 4.78 is 25.5. The van der Waals surface area contributed by atoms with Crippen molar-refractivity contribution >= 4 is 5.97 Å². The number of halogens is 2. The Morgan fingerprint density at radius 1 is 1.33 bits per heavy atom. The lowest BCUT2D eigenvalue weighted by molar-refractivity contribution is -0.138. The average molecular weight is 215 g/mol. The van der Waals surface area contributed by atoms with E-state index in [1.807, 2.05) is 0 Å². The summed E-state index contributed by atoms with van der Waals surface area (Å²) in [6.45, 7) is 0.0269. The average Bonchev–Trinajstić information content (AvgIpc) is 1.98. The summed E-state index contributed by atoms with van der Waals surface area (Å²) in [7, 11) is 1.57. The van der Waals surface area contributed by atoms with Crippen molar-refractivity contribution in [2.75, 3.05) is 13.6 Å². The number of aliphatic carboxylic acids is 1. The Hall–Kier alpha value is -1.49. The van der Waals surface area contributed by atoms with E-state index in [1.54, 1.807) is 7.05 Å². The predicted molar refractivity (Wildman–Crippen MR) is 50.3 cm³/mol. The Kier molecular flexibility index (Phi) is 3.74. The molecule has 0 saturated heterocycles. The van der Waals surface area contributed by atoms with Crippen molar-refractivity contribution in [2.24, 2.45) is 0 Å². The van der Waals surface area contributed by atoms with Crippen LogP contribution in [-0.4, -0.2) is 29.6 Å². The first-order valence-electron chi connectivity index (χ1n) is 4.32. The van der Waals surface area contributed by atoms with Crippen LogP contribution in [0, 0.1) is 11.6 Å². The SMILES string of the molecule is CN(CC(=O)O)Cc1cc(F)cc(F)c1. The van der Waals surface area contributed by atoms with Crippen molar-refractivity contribution in [3.05, 3.63) is 35.4 Å². The second-order valence-corrected chi connectivity index (χ2v) is 3.34. The maximum atomic E-state index is 12.8. The van der Waals surface area contributed by atoms with E-state index in [4.69, 9.17) is 5.11 Å². The number of carbonyl (C=O) groups is 1. The summed E-state index contributed by atoms with van der Waals surface area (Å²) in [5.41, 5.74) is 0.413. The predicted octanol–water partition coefficient (Wildman–Crippen LogP) is 1.48. The summed E-state index contributed by atoms with van der Waals surface area (Å²) in [5.74, 6) is -2.29. The van der Waals surface area contributed by atoms with Crippen LogP contribution >= 0.6 is 0 Å². The van der Waals surface area contributed by atoms with Crippen molar-refractivity contribution in [3.8, 4) is 0 Å². The molecule has 1 N–H and O–H groups in total. The van der Waals surface area contributed by atoms with E-state index >= 15 is 0 Å². The first kappa shape index (κ1) is 11.6. The van der Waals surface area contributed by atoms with Gasteiger partial charge in [0, 0.05) is 12.6 Å². The molecule has 0 atom stereocenters. The van der Waals surface area contributed by atoms with E-state index in [0.717, 1.165) is 6.07 Å². The van der Waals surface area contributed by atoms with Gasteiger partial charge in [0.25, 0.3) is 0 Å². The molecule has 0 saturated carbocycles. The number of rotatable bonds is 4. The zero-order chi connectivity index (χ0) is 11.4. The van der Waals surface area contributed by atoms with Crippen LogP contribution in [0.15, 0.2) is 18.2 Å². The van der Waals surface area contributed by atoms with Gasteiger partial charge < -0.3 is 5.11 Å². The third-order valence-electron chi connectivity index (χ3n) is 1.78. The number of nitrogens with zero attached hydrogens (tertiary/aromatic N) is 1. The van der Waals surface area contributed by atoms with Gasteiger partial charge in [0.1, 0.15) is 11.6 Å². The largest absolute Gasteiger partial charge is 0.480 e. The Labute approximate surface area is 85.9 Å². The molecule has 5 heteroatoms. The molecular formula is C10H11F2NO2. The van der Waals surface area contributed by atoms with Crippen LogP contribution in [-0.2, 0) is 11.3 Å². The summed E-state index contributed by atoms with van der Waals surface area (Å²) in [6.07, 6.45) is 0. The maximum Gasteiger partial charge on any atom is 0.317 e. The summed E-state index contributed by atoms with van der Waals surface area (Å²) in [5, 5.41) is 8.48. The monoisotopic (exact) mass is 215 g/mol. The molecular weight excluding hydrogens is 204 g/mol. The van der Waals surface area contributed by atoms with Crippen molar-refractivity contribution in [3.63, 3.8) is 0 Å². The molecule has 3 nitrogen and oxygen atoms in total. The van der Waals surface area contributed by atoms with Crippen LogP contribution in [0.25, 0.3) is 0 Å². The molecule has 0 spiro atoms. The van der Waals surface area contributed by atoms with Gasteiger partial charge in [0.15, 0.2) is 0 Å². The lowest BCUT2D eigenvalue weighted by atomic mass is 10.2. The van der Waals surface area contributed by atoms with E-state index in [-0.39, 0.29) is 13.1 Å². The summed E-state index contributed by atoms with van der Waals surface area (Å²) in [6, 6.07) is 3.14. The first-order chi connectivity index (χ1) is 6.97. The molecule has 0 amide bonds. The highest BCUT2D eigenvalue weighted by molar-refractivity contribution is 5.69. The molecule has 0 aliphatic heterocycles. The fourth-order valence-electron chi connectivity index (χ4n) is 1.30. The van der Waals surface area contributed by atoms with Crippen LogP contribution in [0.2, 0.25) is 0 Å². The van der Waals surface area contributed by atoms with E-state index in [0.29, 0.717) is 5.56 Å². The topological polar surface area (TPSA) is 40.5 Å². The highest BCUT2D eigenvalue weighted by Gasteiger charge is 2.07. The van der Waals surface area contributed by atoms with E-state index in [1.165, 1.54) is 17.0 Å². The van der Waals surface area contributed by atoms with Gasteiger partial charge in [-0.2, -0.15) is 0 Å². The third kappa shape index (κ3) is 4.03. The highest BCUT2D eigenvalue weighted by atomic mass is 19.1. The fourth-order valence-corrected chi connectivity index (χ4v) is 1.30. The minimum absolute atomic E-state index is 0.169. The fraction of sp³-hybridized carbons (Fsp3) is 0.300. The molecule has 1 aromatic rings. The Balaban J connectivity index is 2.67. The van der Waals surface area contributed by atoms with Gasteiger partial charge in [-0.25, -0.2) is 8.78 Å². The van der Waals surface area contributed by atoms with Gasteiger partial charge in [-0.1, -0.05) is 0 Å². The quantitative estimate of drug-likeness (QED) is 0.827. The molecule has 15 heavy (non-hydrogen) atoms. The second-order valence-electron chi connectivity index (χ2n) is 3.34. The Bertz CT molecular complexity index is 348. The Morgan fingerprint density at radius 2 is 1.87 bits per heavy atom. The van der Waals surface area contributed by atoms with Gasteiger partial charge in [-0.05, 0) is 24.7 Å². The molecule has 0 radical (unpaired) electrons. The number of hydrogen-bond donors (Lipinski definition) is 1. The number of carboxylic acids is 1. The summed E-state index contributed by atoms with van der Waals surface area (Å²) in [4.78, 5) is 11.8. The van der Waals surface area contributed by atoms with E-state index < -0.39 is 17.6 Å². The molecule has 0 bridgehead atoms. The van der Waals surface area contributed by atoms with Gasteiger partial charge in [0.2, 0.25) is 0 Å². The van der Waals surface area contributed by atoms with Gasteiger partial charge in [0.05, 0.1) is 6.54 Å². The number of hydrogen-bond acceptors (Lipinski definition) is 2. The zero-order valence-corrected chi connectivity index (χ0v) is 8.20. The van der Waals surface area contributed by atoms with Crippen molar-refractivity contribution in [2.45, 2.75) is 6.54 Å². The van der Waals surface area contributed by atoms with Crippen molar-refractivity contribution in [1.29, 1.82) is 0 Å². The van der Waals surface area contributed by atoms with Crippen molar-refractivity contribution in [1.82, 2.24) is 4.90 Å². The number of carboxylic acid groups (broad SMARTS) is 1. The smallest absolute Gasteiger partial charge is 0.317 e. The zero-order valence-electron chi connectivity index (χ0n) is 8.20. The van der Waals surface area contributed by atoms with Crippen LogP contribution in [0.1, 0.15) is 5.56 Å². The lowest BCUT2D eigenvalue weighted by Crippen LogP contribution is -2.25. The molecule has 0 heterocycles. The molecule has 0 aliphatic carbocycles. The molecule has 0 aromatic heterocycles. The molecule has 0 fully saturated rings. The minimum atomic E-state index is -0.977. The lowest BCUT2D eigenvalue weighted by Gasteiger charge is -2.13. The normalized spacial score (nSPS) is 10.7. The van der Waals surface area contributed by atoms with Crippen LogP contribution < -0.4 is 0 Å². The molecule has 82 valence electrons. The molecule has 1 aromatic carbocycles. The van der Waals surface area contributed by atoms with E-state index in [9.17, 15) is 13.6 Å². The van der Waals surface area contributed by atoms with Crippen molar-refractivity contribution < 1.29 is 18.7 Å². The van der Waals surface area contributed by atoms with Gasteiger partial charge >= 0.3 is 5.97 Å². The van der Waals surface area contributed by atoms with E-state index in [2.05, 4.69) is 0 Å². The number of benzene rings is 1. The highest BCUT2D eigenvalue weighted by Crippen LogP contribution is 2.09. The number of likely N-dealkylation sites (N-methyl/N-ethyl adjacent to an activating group) is 1. The van der Waals surface area contributed by atoms with Crippen LogP contribution in [0.3, 0.4) is 0 Å². The van der Waals surface area contributed by atoms with Gasteiger partial charge in [-0.3, -0.25) is 9.69 Å². The maximum absolute atomic E-state index is 12.8. The second kappa shape index (κ2) is 4.84. The Morgan fingerprint density at radius 3 is 2.33 bits per heavy atom. The molecule has 0 aliphatic rings. The molecule has 1 rings (SSSR count). The third-order valence-corrected chi connectivity index (χ3v) is 1.78. The first-order valence-corrected chi connectivity index (χ1v) is 4.32. The minimum Gasteiger partial charge on any atom is -0.480 e.